The van der Waals surface area contributed by atoms with Crippen LogP contribution in [0.5, 0.6) is 0 Å². The molecule has 1 heterocycles. The minimum Gasteiger partial charge on any atom is -0.466 e. The van der Waals surface area contributed by atoms with Crippen LogP contribution in [-0.4, -0.2) is 49.3 Å². The molecule has 9 heteroatoms. The van der Waals surface area contributed by atoms with Gasteiger partial charge in [0.25, 0.3) is 0 Å². The van der Waals surface area contributed by atoms with Crippen LogP contribution in [0.2, 0.25) is 15.1 Å². The molecule has 0 saturated carbocycles. The van der Waals surface area contributed by atoms with Crippen LogP contribution in [-0.2, 0) is 31.9 Å². The summed E-state index contributed by atoms with van der Waals surface area (Å²) in [7, 11) is 0. The van der Waals surface area contributed by atoms with E-state index < -0.39 is 0 Å². The van der Waals surface area contributed by atoms with Crippen LogP contribution < -0.4 is 5.90 Å². The van der Waals surface area contributed by atoms with E-state index in [1.54, 1.807) is 6.92 Å². The van der Waals surface area contributed by atoms with Crippen molar-refractivity contribution in [3.63, 3.8) is 0 Å². The van der Waals surface area contributed by atoms with Gasteiger partial charge in [0.1, 0.15) is 6.10 Å². The van der Waals surface area contributed by atoms with Crippen LogP contribution in [0.15, 0.2) is 36.4 Å². The zero-order valence-electron chi connectivity index (χ0n) is 21.6. The highest BCUT2D eigenvalue weighted by Gasteiger charge is 2.28. The number of hydrogen-bond donors (Lipinski definition) is 1. The number of esters is 1. The smallest absolute Gasteiger partial charge is 0.306 e. The van der Waals surface area contributed by atoms with Gasteiger partial charge in [-0.3, -0.25) is 14.5 Å². The third-order valence-electron chi connectivity index (χ3n) is 6.79. The molecule has 1 aliphatic heterocycles. The average molecular weight is 572 g/mol. The van der Waals surface area contributed by atoms with Crippen molar-refractivity contribution in [3.8, 4) is 0 Å². The SMILES string of the molecule is CCOC(=O)CCc1cc(Cl)ccc1[C@@H](CC)OC[C@@H](CN1CCC[C@H]1Cc1ccc(Cl)c(Cl)c1)ON. The van der Waals surface area contributed by atoms with E-state index in [-0.39, 0.29) is 18.2 Å². The predicted octanol–water partition coefficient (Wildman–Crippen LogP) is 6.58. The topological polar surface area (TPSA) is 74.0 Å². The number of hydrogen-bond acceptors (Lipinski definition) is 6. The second kappa shape index (κ2) is 15.3. The highest BCUT2D eigenvalue weighted by atomic mass is 35.5. The molecular weight excluding hydrogens is 535 g/mol. The maximum Gasteiger partial charge on any atom is 0.306 e. The quantitative estimate of drug-likeness (QED) is 0.204. The second-order valence-electron chi connectivity index (χ2n) is 9.38. The van der Waals surface area contributed by atoms with Crippen molar-refractivity contribution in [2.75, 3.05) is 26.3 Å². The molecule has 2 aromatic rings. The number of halogens is 3. The number of carbonyl (C=O) groups excluding carboxylic acids is 1. The molecule has 0 amide bonds. The summed E-state index contributed by atoms with van der Waals surface area (Å²) in [4.78, 5) is 19.7. The van der Waals surface area contributed by atoms with Crippen LogP contribution in [0.4, 0.5) is 0 Å². The highest BCUT2D eigenvalue weighted by Crippen LogP contribution is 2.30. The summed E-state index contributed by atoms with van der Waals surface area (Å²) in [5.41, 5.74) is 3.17. The van der Waals surface area contributed by atoms with Gasteiger partial charge in [0.05, 0.1) is 29.4 Å². The molecule has 1 saturated heterocycles. The fourth-order valence-corrected chi connectivity index (χ4v) is 5.44. The maximum atomic E-state index is 11.9. The fourth-order valence-electron chi connectivity index (χ4n) is 4.93. The molecule has 0 aromatic heterocycles. The number of carbonyl (C=O) groups is 1. The molecule has 0 spiro atoms. The van der Waals surface area contributed by atoms with Gasteiger partial charge in [0.15, 0.2) is 0 Å². The molecule has 204 valence electrons. The summed E-state index contributed by atoms with van der Waals surface area (Å²) in [6.45, 7) is 6.25. The lowest BCUT2D eigenvalue weighted by Gasteiger charge is -2.29. The Kier molecular flexibility index (Phi) is 12.5. The van der Waals surface area contributed by atoms with E-state index in [9.17, 15) is 4.79 Å². The Morgan fingerprint density at radius 1 is 1.14 bits per heavy atom. The zero-order valence-corrected chi connectivity index (χ0v) is 23.8. The van der Waals surface area contributed by atoms with Gasteiger partial charge >= 0.3 is 5.97 Å². The van der Waals surface area contributed by atoms with Crippen LogP contribution in [0, 0.1) is 0 Å². The third kappa shape index (κ3) is 9.10. The second-order valence-corrected chi connectivity index (χ2v) is 10.6. The lowest BCUT2D eigenvalue weighted by Crippen LogP contribution is -2.41. The molecular formula is C28H37Cl3N2O4. The van der Waals surface area contributed by atoms with Gasteiger partial charge in [0, 0.05) is 24.0 Å². The first-order valence-electron chi connectivity index (χ1n) is 12.9. The largest absolute Gasteiger partial charge is 0.466 e. The first kappa shape index (κ1) is 30.2. The molecule has 0 unspecified atom stereocenters. The molecule has 0 radical (unpaired) electrons. The van der Waals surface area contributed by atoms with Gasteiger partial charge in [-0.05, 0) is 86.5 Å². The Labute approximate surface area is 235 Å². The number of likely N-dealkylation sites (tertiary alicyclic amines) is 1. The monoisotopic (exact) mass is 570 g/mol. The number of rotatable bonds is 14. The van der Waals surface area contributed by atoms with Crippen molar-refractivity contribution >= 4 is 40.8 Å². The lowest BCUT2D eigenvalue weighted by molar-refractivity contribution is -0.143. The van der Waals surface area contributed by atoms with Crippen LogP contribution in [0.1, 0.15) is 62.3 Å². The van der Waals surface area contributed by atoms with E-state index in [1.165, 1.54) is 0 Å². The normalized spacial score (nSPS) is 17.6. The van der Waals surface area contributed by atoms with Crippen LogP contribution in [0.3, 0.4) is 0 Å². The van der Waals surface area contributed by atoms with Gasteiger partial charge in [-0.25, -0.2) is 5.90 Å². The first-order valence-corrected chi connectivity index (χ1v) is 14.1. The van der Waals surface area contributed by atoms with Crippen molar-refractivity contribution in [3.05, 3.63) is 68.2 Å². The number of nitrogens with two attached hydrogens (primary N) is 1. The summed E-state index contributed by atoms with van der Waals surface area (Å²) in [5.74, 6) is 5.48. The van der Waals surface area contributed by atoms with Gasteiger partial charge in [-0.15, -0.1) is 0 Å². The first-order chi connectivity index (χ1) is 17.8. The molecule has 2 N–H and O–H groups in total. The Morgan fingerprint density at radius 2 is 1.95 bits per heavy atom. The zero-order chi connectivity index (χ0) is 26.8. The Morgan fingerprint density at radius 3 is 2.65 bits per heavy atom. The van der Waals surface area contributed by atoms with Crippen molar-refractivity contribution < 1.29 is 19.1 Å². The van der Waals surface area contributed by atoms with E-state index >= 15 is 0 Å². The van der Waals surface area contributed by atoms with Crippen molar-refractivity contribution in [2.24, 2.45) is 5.90 Å². The van der Waals surface area contributed by atoms with Crippen molar-refractivity contribution in [2.45, 2.75) is 70.6 Å². The van der Waals surface area contributed by atoms with E-state index in [2.05, 4.69) is 11.8 Å². The molecule has 0 bridgehead atoms. The summed E-state index contributed by atoms with van der Waals surface area (Å²) in [6.07, 6.45) is 4.25. The Balaban J connectivity index is 1.60. The van der Waals surface area contributed by atoms with E-state index in [1.807, 2.05) is 36.4 Å². The molecule has 1 fully saturated rings. The molecule has 1 aliphatic rings. The third-order valence-corrected chi connectivity index (χ3v) is 7.77. The molecule has 6 nitrogen and oxygen atoms in total. The lowest BCUT2D eigenvalue weighted by atomic mass is 9.97. The highest BCUT2D eigenvalue weighted by molar-refractivity contribution is 6.42. The predicted molar refractivity (Wildman–Crippen MR) is 149 cm³/mol. The van der Waals surface area contributed by atoms with Gasteiger partial charge < -0.3 is 9.47 Å². The average Bonchev–Trinajstić information content (AvgIpc) is 3.31. The van der Waals surface area contributed by atoms with Crippen molar-refractivity contribution in [1.29, 1.82) is 0 Å². The molecule has 0 aliphatic carbocycles. The number of aryl methyl sites for hydroxylation is 1. The number of ether oxygens (including phenoxy) is 2. The summed E-state index contributed by atoms with van der Waals surface area (Å²) in [6, 6.07) is 11.9. The van der Waals surface area contributed by atoms with E-state index in [4.69, 9.17) is 55.0 Å². The van der Waals surface area contributed by atoms with E-state index in [0.717, 1.165) is 48.9 Å². The standard InChI is InChI=1S/C28H37Cl3N2O4/c1-3-27(24-10-9-21(29)16-20(24)8-12-28(34)35-4-2)36-18-23(37-32)17-33-13-5-6-22(33)14-19-7-11-25(30)26(31)15-19/h7,9-11,15-16,22-23,27H,3-6,8,12-14,17-18,32H2,1-2H3/t22-,23+,27+/m0/s1. The van der Waals surface area contributed by atoms with Gasteiger partial charge in [-0.2, -0.15) is 0 Å². The van der Waals surface area contributed by atoms with Crippen LogP contribution >= 0.6 is 34.8 Å². The fraction of sp³-hybridized carbons (Fsp3) is 0.536. The molecule has 3 atom stereocenters. The van der Waals surface area contributed by atoms with Gasteiger partial charge in [-0.1, -0.05) is 53.9 Å². The minimum absolute atomic E-state index is 0.169. The van der Waals surface area contributed by atoms with Gasteiger partial charge in [0.2, 0.25) is 0 Å². The van der Waals surface area contributed by atoms with E-state index in [0.29, 0.717) is 53.7 Å². The van der Waals surface area contributed by atoms with Crippen molar-refractivity contribution in [1.82, 2.24) is 4.90 Å². The summed E-state index contributed by atoms with van der Waals surface area (Å²) in [5, 5.41) is 1.77. The van der Waals surface area contributed by atoms with Crippen LogP contribution in [0.25, 0.3) is 0 Å². The Hall–Kier alpha value is -1.38. The molecule has 2 aromatic carbocycles. The molecule has 37 heavy (non-hydrogen) atoms. The summed E-state index contributed by atoms with van der Waals surface area (Å²) < 4.78 is 11.4. The number of nitrogens with zero attached hydrogens (tertiary/aromatic N) is 1. The minimum atomic E-state index is -0.279. The number of benzene rings is 2. The maximum absolute atomic E-state index is 11.9. The molecule has 3 rings (SSSR count). The summed E-state index contributed by atoms with van der Waals surface area (Å²) >= 11 is 18.6. The Bertz CT molecular complexity index is 1020.